The number of methoxy groups -OCH3 is 2. The second-order valence-corrected chi connectivity index (χ2v) is 13.1. The molecular formula is C19H36NO4P+2. The van der Waals surface area contributed by atoms with Crippen molar-refractivity contribution in [2.75, 3.05) is 66.1 Å². The van der Waals surface area contributed by atoms with E-state index in [4.69, 9.17) is 9.47 Å². The Morgan fingerprint density at radius 3 is 2.20 bits per heavy atom. The van der Waals surface area contributed by atoms with Crippen molar-refractivity contribution in [1.82, 2.24) is 0 Å². The van der Waals surface area contributed by atoms with Crippen LogP contribution >= 0.6 is 7.26 Å². The zero-order chi connectivity index (χ0) is 18.5. The lowest BCUT2D eigenvalue weighted by Crippen LogP contribution is -2.51. The fourth-order valence-corrected chi connectivity index (χ4v) is 8.53. The van der Waals surface area contributed by atoms with Crippen molar-refractivity contribution in [2.24, 2.45) is 11.8 Å². The highest BCUT2D eigenvalue weighted by atomic mass is 31.2. The van der Waals surface area contributed by atoms with Gasteiger partial charge in [0.05, 0.1) is 72.2 Å². The molecule has 0 N–H and O–H groups in total. The van der Waals surface area contributed by atoms with Gasteiger partial charge in [-0.15, -0.1) is 0 Å². The van der Waals surface area contributed by atoms with Crippen LogP contribution in [0, 0.1) is 11.8 Å². The van der Waals surface area contributed by atoms with Gasteiger partial charge in [-0.05, 0) is 18.3 Å². The predicted molar refractivity (Wildman–Crippen MR) is 102 cm³/mol. The SMILES string of the molecule is COC(=O)CC[N+]1(C)CCC(C2CC[P+](C)(CCC(=O)OC)C2)CC1. The summed E-state index contributed by atoms with van der Waals surface area (Å²) in [5.74, 6) is 1.54. The van der Waals surface area contributed by atoms with Gasteiger partial charge in [0, 0.05) is 26.8 Å². The molecule has 0 amide bonds. The molecule has 2 atom stereocenters. The van der Waals surface area contributed by atoms with Crippen molar-refractivity contribution in [2.45, 2.75) is 32.1 Å². The van der Waals surface area contributed by atoms with E-state index in [2.05, 4.69) is 13.7 Å². The largest absolute Gasteiger partial charge is 0.469 e. The molecule has 2 unspecified atom stereocenters. The van der Waals surface area contributed by atoms with E-state index in [1.54, 1.807) is 0 Å². The van der Waals surface area contributed by atoms with Gasteiger partial charge in [0.1, 0.15) is 0 Å². The molecule has 5 nitrogen and oxygen atoms in total. The first-order valence-corrected chi connectivity index (χ1v) is 12.4. The van der Waals surface area contributed by atoms with Gasteiger partial charge in [0.15, 0.2) is 0 Å². The molecule has 0 aromatic carbocycles. The minimum atomic E-state index is -0.939. The van der Waals surface area contributed by atoms with Crippen molar-refractivity contribution in [3.63, 3.8) is 0 Å². The lowest BCUT2D eigenvalue weighted by molar-refractivity contribution is -0.914. The lowest BCUT2D eigenvalue weighted by Gasteiger charge is -2.41. The Balaban J connectivity index is 1.77. The van der Waals surface area contributed by atoms with Gasteiger partial charge in [-0.25, -0.2) is 0 Å². The molecule has 6 heteroatoms. The smallest absolute Gasteiger partial charge is 0.311 e. The first kappa shape index (κ1) is 20.6. The maximum atomic E-state index is 11.5. The zero-order valence-corrected chi connectivity index (χ0v) is 17.4. The number of quaternary nitrogens is 1. The summed E-state index contributed by atoms with van der Waals surface area (Å²) in [6.07, 6.45) is 8.80. The van der Waals surface area contributed by atoms with Crippen molar-refractivity contribution in [3.8, 4) is 0 Å². The summed E-state index contributed by atoms with van der Waals surface area (Å²) in [6, 6.07) is 0. The lowest BCUT2D eigenvalue weighted by atomic mass is 9.83. The molecule has 0 aliphatic carbocycles. The van der Waals surface area contributed by atoms with Crippen molar-refractivity contribution in [3.05, 3.63) is 0 Å². The maximum absolute atomic E-state index is 11.5. The Bertz CT molecular complexity index is 476. The molecule has 2 fully saturated rings. The highest BCUT2D eigenvalue weighted by Crippen LogP contribution is 2.64. The van der Waals surface area contributed by atoms with Crippen molar-refractivity contribution in [1.29, 1.82) is 0 Å². The second-order valence-electron chi connectivity index (χ2n) is 8.58. The van der Waals surface area contributed by atoms with Gasteiger partial charge < -0.3 is 14.0 Å². The number of carbonyl (C=O) groups is 2. The third kappa shape index (κ3) is 5.92. The maximum Gasteiger partial charge on any atom is 0.311 e. The van der Waals surface area contributed by atoms with Gasteiger partial charge in [-0.3, -0.25) is 9.59 Å². The molecular weight excluding hydrogens is 337 g/mol. The van der Waals surface area contributed by atoms with Crippen LogP contribution in [0.4, 0.5) is 0 Å². The number of likely N-dealkylation sites (tertiary alicyclic amines) is 1. The standard InChI is InChI=1S/C19H36NO4P/c1-20(12-7-18(21)23-2)10-5-16(6-11-20)17-8-13-25(4,15-17)14-9-19(22)24-3/h16-17H,5-15H2,1-4H3/q+2. The molecule has 0 aromatic rings. The van der Waals surface area contributed by atoms with Gasteiger partial charge in [-0.2, -0.15) is 0 Å². The molecule has 2 aliphatic heterocycles. The monoisotopic (exact) mass is 373 g/mol. The molecule has 0 spiro atoms. The highest BCUT2D eigenvalue weighted by Gasteiger charge is 2.46. The van der Waals surface area contributed by atoms with Crippen LogP contribution in [0.3, 0.4) is 0 Å². The van der Waals surface area contributed by atoms with Crippen LogP contribution in [-0.2, 0) is 19.1 Å². The quantitative estimate of drug-likeness (QED) is 0.391. The highest BCUT2D eigenvalue weighted by molar-refractivity contribution is 7.75. The molecule has 0 saturated carbocycles. The van der Waals surface area contributed by atoms with Crippen molar-refractivity contribution < 1.29 is 23.5 Å². The van der Waals surface area contributed by atoms with Gasteiger partial charge in [-0.1, -0.05) is 0 Å². The molecule has 2 saturated heterocycles. The molecule has 2 aliphatic rings. The molecule has 0 radical (unpaired) electrons. The fraction of sp³-hybridized carbons (Fsp3) is 0.895. The number of hydrogen-bond donors (Lipinski definition) is 0. The zero-order valence-electron chi connectivity index (χ0n) is 16.5. The number of esters is 2. The minimum absolute atomic E-state index is 0.0546. The van der Waals surface area contributed by atoms with E-state index in [9.17, 15) is 9.59 Å². The van der Waals surface area contributed by atoms with Crippen LogP contribution in [0.15, 0.2) is 0 Å². The van der Waals surface area contributed by atoms with Crippen LogP contribution in [0.1, 0.15) is 32.1 Å². The Morgan fingerprint density at radius 1 is 1.00 bits per heavy atom. The van der Waals surface area contributed by atoms with E-state index >= 15 is 0 Å². The van der Waals surface area contributed by atoms with Crippen molar-refractivity contribution >= 4 is 19.2 Å². The van der Waals surface area contributed by atoms with Crippen LogP contribution in [-0.4, -0.2) is 82.5 Å². The number of piperidine rings is 1. The number of carbonyl (C=O) groups excluding carboxylic acids is 2. The number of nitrogens with zero attached hydrogens (tertiary/aromatic N) is 1. The summed E-state index contributed by atoms with van der Waals surface area (Å²) in [5.41, 5.74) is 0. The van der Waals surface area contributed by atoms with Gasteiger partial charge in [0.2, 0.25) is 0 Å². The van der Waals surface area contributed by atoms with E-state index in [0.717, 1.165) is 29.0 Å². The number of ether oxygens (including phenoxy) is 2. The minimum Gasteiger partial charge on any atom is -0.469 e. The molecule has 0 bridgehead atoms. The second kappa shape index (κ2) is 8.81. The third-order valence-corrected chi connectivity index (χ3v) is 10.6. The predicted octanol–water partition coefficient (Wildman–Crippen LogP) is 2.64. The molecule has 0 aromatic heterocycles. The third-order valence-electron chi connectivity index (χ3n) is 6.63. The summed E-state index contributed by atoms with van der Waals surface area (Å²) >= 11 is 0. The summed E-state index contributed by atoms with van der Waals surface area (Å²) < 4.78 is 10.6. The van der Waals surface area contributed by atoms with E-state index in [0.29, 0.717) is 12.8 Å². The van der Waals surface area contributed by atoms with Crippen LogP contribution in [0.2, 0.25) is 0 Å². The number of rotatable bonds is 7. The number of hydrogen-bond acceptors (Lipinski definition) is 4. The molecule has 25 heavy (non-hydrogen) atoms. The average molecular weight is 373 g/mol. The Kier molecular flexibility index (Phi) is 7.28. The summed E-state index contributed by atoms with van der Waals surface area (Å²) in [5, 5.41) is 0. The van der Waals surface area contributed by atoms with E-state index in [-0.39, 0.29) is 11.9 Å². The normalized spacial score (nSPS) is 35.4. The molecule has 2 rings (SSSR count). The summed E-state index contributed by atoms with van der Waals surface area (Å²) in [6.45, 7) is 5.70. The Hall–Kier alpha value is -0.670. The van der Waals surface area contributed by atoms with Gasteiger partial charge in [0.25, 0.3) is 0 Å². The van der Waals surface area contributed by atoms with Crippen LogP contribution in [0.5, 0.6) is 0 Å². The first-order chi connectivity index (χ1) is 11.8. The van der Waals surface area contributed by atoms with E-state index < -0.39 is 7.26 Å². The van der Waals surface area contributed by atoms with E-state index in [1.165, 1.54) is 58.9 Å². The first-order valence-electron chi connectivity index (χ1n) is 9.60. The summed E-state index contributed by atoms with van der Waals surface area (Å²) in [4.78, 5) is 22.9. The topological polar surface area (TPSA) is 52.6 Å². The molecule has 2 heterocycles. The average Bonchev–Trinajstić information content (AvgIpc) is 3.01. The Morgan fingerprint density at radius 2 is 1.60 bits per heavy atom. The summed E-state index contributed by atoms with van der Waals surface area (Å²) in [7, 11) is 4.29. The van der Waals surface area contributed by atoms with Crippen LogP contribution in [0.25, 0.3) is 0 Å². The van der Waals surface area contributed by atoms with Gasteiger partial charge >= 0.3 is 11.9 Å². The fourth-order valence-electron chi connectivity index (χ4n) is 4.65. The molecule has 144 valence electrons. The van der Waals surface area contributed by atoms with E-state index in [1.807, 2.05) is 0 Å². The van der Waals surface area contributed by atoms with Crippen LogP contribution < -0.4 is 0 Å². The Labute approximate surface area is 153 Å².